The Morgan fingerprint density at radius 2 is 2.10 bits per heavy atom. The molecule has 1 aliphatic carbocycles. The highest BCUT2D eigenvalue weighted by Crippen LogP contribution is 2.48. The Bertz CT molecular complexity index is 1080. The molecule has 1 aromatic heterocycles. The van der Waals surface area contributed by atoms with Gasteiger partial charge in [0.05, 0.1) is 27.2 Å². The molecule has 2 unspecified atom stereocenters. The van der Waals surface area contributed by atoms with E-state index >= 15 is 0 Å². The molecule has 31 heavy (non-hydrogen) atoms. The molecule has 0 bridgehead atoms. The van der Waals surface area contributed by atoms with Crippen LogP contribution in [0.1, 0.15) is 42.5 Å². The van der Waals surface area contributed by atoms with Crippen LogP contribution in [-0.4, -0.2) is 22.7 Å². The van der Waals surface area contributed by atoms with Crippen LogP contribution in [0, 0.1) is 5.92 Å². The number of aliphatic carboxylic acids is 1. The van der Waals surface area contributed by atoms with Gasteiger partial charge in [-0.1, -0.05) is 25.1 Å². The summed E-state index contributed by atoms with van der Waals surface area (Å²) in [6.07, 6.45) is 4.59. The molecule has 0 saturated heterocycles. The first-order valence-electron chi connectivity index (χ1n) is 10.4. The van der Waals surface area contributed by atoms with E-state index in [4.69, 9.17) is 9.15 Å². The lowest BCUT2D eigenvalue weighted by molar-refractivity contribution is -0.142. The molecule has 1 aliphatic rings. The molecule has 1 N–H and O–H groups in total. The van der Waals surface area contributed by atoms with Gasteiger partial charge in [0.15, 0.2) is 0 Å². The number of fused-ring (bicyclic) bond motifs is 1. The smallest absolute Gasteiger partial charge is 0.307 e. The number of nitrogens with zero attached hydrogens (tertiary/aromatic N) is 1. The number of benzene rings is 2. The minimum atomic E-state index is -0.726. The van der Waals surface area contributed by atoms with Crippen LogP contribution in [0.25, 0.3) is 11.5 Å². The van der Waals surface area contributed by atoms with Crippen LogP contribution in [0.4, 0.5) is 0 Å². The first-order chi connectivity index (χ1) is 15.0. The Labute approximate surface area is 198 Å². The summed E-state index contributed by atoms with van der Waals surface area (Å²) in [6, 6.07) is 11.8. The van der Waals surface area contributed by atoms with Crippen LogP contribution in [-0.2, 0) is 17.6 Å². The van der Waals surface area contributed by atoms with Gasteiger partial charge < -0.3 is 14.3 Å². The van der Waals surface area contributed by atoms with E-state index in [2.05, 4.69) is 36.8 Å². The number of carboxylic acid groups (broad SMARTS) is 1. The average molecular weight is 549 g/mol. The van der Waals surface area contributed by atoms with Crippen molar-refractivity contribution >= 4 is 37.8 Å². The molecule has 7 heteroatoms. The number of aromatic nitrogens is 1. The van der Waals surface area contributed by atoms with Gasteiger partial charge in [-0.15, -0.1) is 0 Å². The predicted octanol–water partition coefficient (Wildman–Crippen LogP) is 6.63. The van der Waals surface area contributed by atoms with Crippen molar-refractivity contribution in [3.63, 3.8) is 0 Å². The summed E-state index contributed by atoms with van der Waals surface area (Å²) >= 11 is 7.32. The number of oxazole rings is 1. The lowest BCUT2D eigenvalue weighted by atomic mass is 9.85. The van der Waals surface area contributed by atoms with Gasteiger partial charge in [-0.05, 0) is 86.4 Å². The predicted molar refractivity (Wildman–Crippen MR) is 125 cm³/mol. The summed E-state index contributed by atoms with van der Waals surface area (Å²) in [4.78, 5) is 16.2. The molecule has 4 rings (SSSR count). The first-order valence-corrected chi connectivity index (χ1v) is 11.9. The number of ether oxygens (including phenoxy) is 1. The Morgan fingerprint density at radius 3 is 2.81 bits per heavy atom. The SMILES string of the molecule is CCC(C(=O)O)C1CCc2c1cc(Br)c(OCCc1coc(-c3ccccc3)n1)c2Br. The highest BCUT2D eigenvalue weighted by Gasteiger charge is 2.35. The summed E-state index contributed by atoms with van der Waals surface area (Å²) in [7, 11) is 0. The van der Waals surface area contributed by atoms with Crippen molar-refractivity contribution < 1.29 is 19.1 Å². The molecule has 0 amide bonds. The van der Waals surface area contributed by atoms with Gasteiger partial charge in [-0.3, -0.25) is 4.79 Å². The highest BCUT2D eigenvalue weighted by atomic mass is 79.9. The fraction of sp³-hybridized carbons (Fsp3) is 0.333. The van der Waals surface area contributed by atoms with Gasteiger partial charge in [-0.25, -0.2) is 4.98 Å². The van der Waals surface area contributed by atoms with Gasteiger partial charge >= 0.3 is 5.97 Å². The largest absolute Gasteiger partial charge is 0.491 e. The normalized spacial score (nSPS) is 16.2. The molecule has 2 aromatic carbocycles. The molecule has 0 fully saturated rings. The maximum absolute atomic E-state index is 11.7. The summed E-state index contributed by atoms with van der Waals surface area (Å²) in [6.45, 7) is 2.39. The molecular weight excluding hydrogens is 526 g/mol. The fourth-order valence-electron chi connectivity index (χ4n) is 4.27. The van der Waals surface area contributed by atoms with E-state index in [1.165, 1.54) is 0 Å². The number of hydrogen-bond acceptors (Lipinski definition) is 4. The standard InChI is InChI=1S/C24H23Br2NO4/c1-2-16(24(28)29)17-8-9-18-19(17)12-20(25)22(21(18)26)30-11-10-15-13-31-23(27-15)14-6-4-3-5-7-14/h3-7,12-13,16-17H,2,8-11H2,1H3,(H,28,29). The number of rotatable bonds is 8. The lowest BCUT2D eigenvalue weighted by Gasteiger charge is -2.20. The average Bonchev–Trinajstić information content (AvgIpc) is 3.39. The lowest BCUT2D eigenvalue weighted by Crippen LogP contribution is -2.20. The maximum Gasteiger partial charge on any atom is 0.307 e. The van der Waals surface area contributed by atoms with Gasteiger partial charge in [-0.2, -0.15) is 0 Å². The van der Waals surface area contributed by atoms with Crippen LogP contribution >= 0.6 is 31.9 Å². The number of hydrogen-bond donors (Lipinski definition) is 1. The maximum atomic E-state index is 11.7. The molecule has 0 radical (unpaired) electrons. The summed E-state index contributed by atoms with van der Waals surface area (Å²) < 4.78 is 13.4. The van der Waals surface area contributed by atoms with Crippen LogP contribution in [0.2, 0.25) is 0 Å². The van der Waals surface area contributed by atoms with Crippen LogP contribution in [0.5, 0.6) is 5.75 Å². The zero-order valence-corrected chi connectivity index (χ0v) is 20.3. The third kappa shape index (κ3) is 4.58. The summed E-state index contributed by atoms with van der Waals surface area (Å²) in [5, 5.41) is 9.59. The Kier molecular flexibility index (Phi) is 6.82. The van der Waals surface area contributed by atoms with Crippen molar-refractivity contribution in [2.45, 2.75) is 38.5 Å². The van der Waals surface area contributed by atoms with Crippen molar-refractivity contribution in [2.75, 3.05) is 6.61 Å². The molecule has 0 aliphatic heterocycles. The van der Waals surface area contributed by atoms with Crippen molar-refractivity contribution in [1.82, 2.24) is 4.98 Å². The van der Waals surface area contributed by atoms with Crippen molar-refractivity contribution in [1.29, 1.82) is 0 Å². The van der Waals surface area contributed by atoms with E-state index in [0.717, 1.165) is 49.9 Å². The van der Waals surface area contributed by atoms with E-state index in [1.807, 2.05) is 43.3 Å². The summed E-state index contributed by atoms with van der Waals surface area (Å²) in [5.41, 5.74) is 4.03. The van der Waals surface area contributed by atoms with E-state index in [1.54, 1.807) is 6.26 Å². The third-order valence-electron chi connectivity index (χ3n) is 5.84. The second kappa shape index (κ2) is 9.57. The topological polar surface area (TPSA) is 72.6 Å². The first kappa shape index (κ1) is 22.1. The van der Waals surface area contributed by atoms with Crippen molar-refractivity contribution in [3.05, 3.63) is 68.4 Å². The molecular formula is C24H23Br2NO4. The van der Waals surface area contributed by atoms with E-state index in [9.17, 15) is 9.90 Å². The Morgan fingerprint density at radius 1 is 1.32 bits per heavy atom. The molecule has 0 spiro atoms. The molecule has 5 nitrogen and oxygen atoms in total. The van der Waals surface area contributed by atoms with Gasteiger partial charge in [0.2, 0.25) is 5.89 Å². The number of halogens is 2. The van der Waals surface area contributed by atoms with Crippen molar-refractivity contribution in [2.24, 2.45) is 5.92 Å². The number of carbonyl (C=O) groups is 1. The highest BCUT2D eigenvalue weighted by molar-refractivity contribution is 9.11. The molecule has 2 atom stereocenters. The van der Waals surface area contributed by atoms with E-state index in [-0.39, 0.29) is 11.8 Å². The molecule has 162 valence electrons. The van der Waals surface area contributed by atoms with Crippen LogP contribution in [0.3, 0.4) is 0 Å². The summed E-state index contributed by atoms with van der Waals surface area (Å²) in [5.74, 6) is 0.291. The molecule has 0 saturated carbocycles. The minimum Gasteiger partial charge on any atom is -0.491 e. The minimum absolute atomic E-state index is 0.0330. The second-order valence-electron chi connectivity index (χ2n) is 7.68. The molecule has 3 aromatic rings. The van der Waals surface area contributed by atoms with Gasteiger partial charge in [0, 0.05) is 12.0 Å². The molecule has 1 heterocycles. The van der Waals surface area contributed by atoms with Crippen molar-refractivity contribution in [3.8, 4) is 17.2 Å². The Balaban J connectivity index is 1.46. The zero-order valence-electron chi connectivity index (χ0n) is 17.1. The Hall–Kier alpha value is -2.12. The quantitative estimate of drug-likeness (QED) is 0.342. The second-order valence-corrected chi connectivity index (χ2v) is 9.32. The van der Waals surface area contributed by atoms with Crippen LogP contribution in [0.15, 0.2) is 56.0 Å². The monoisotopic (exact) mass is 547 g/mol. The third-order valence-corrected chi connectivity index (χ3v) is 7.26. The van der Waals surface area contributed by atoms with Gasteiger partial charge in [0.1, 0.15) is 12.0 Å². The van der Waals surface area contributed by atoms with Gasteiger partial charge in [0.25, 0.3) is 0 Å². The van der Waals surface area contributed by atoms with Crippen LogP contribution < -0.4 is 4.74 Å². The van der Waals surface area contributed by atoms with E-state index < -0.39 is 5.97 Å². The van der Waals surface area contributed by atoms with E-state index in [0.29, 0.717) is 25.3 Å². The zero-order chi connectivity index (χ0) is 22.0. The fourth-order valence-corrected chi connectivity index (χ4v) is 5.85. The number of carboxylic acids is 1.